The number of carbonyl (C=O) groups excluding carboxylic acids is 1. The molecule has 1 aliphatic carbocycles. The van der Waals surface area contributed by atoms with Gasteiger partial charge in [0.1, 0.15) is 17.8 Å². The Morgan fingerprint density at radius 1 is 1.03 bits per heavy atom. The van der Waals surface area contributed by atoms with Crippen LogP contribution in [0.4, 0.5) is 5.82 Å². The van der Waals surface area contributed by atoms with Crippen molar-refractivity contribution in [2.75, 3.05) is 4.90 Å². The lowest BCUT2D eigenvalue weighted by Crippen LogP contribution is -2.24. The Morgan fingerprint density at radius 3 is 2.47 bits per heavy atom. The third-order valence-electron chi connectivity index (χ3n) is 7.21. The van der Waals surface area contributed by atoms with Gasteiger partial charge in [-0.2, -0.15) is 0 Å². The highest BCUT2D eigenvalue weighted by atomic mass is 16.4. The number of carbonyl (C=O) groups is 2. The summed E-state index contributed by atoms with van der Waals surface area (Å²) in [6.45, 7) is 4.55. The van der Waals surface area contributed by atoms with Crippen LogP contribution >= 0.6 is 0 Å². The monoisotopic (exact) mass is 479 g/mol. The van der Waals surface area contributed by atoms with E-state index in [1.54, 1.807) is 11.2 Å². The van der Waals surface area contributed by atoms with Gasteiger partial charge in [0.05, 0.1) is 12.0 Å². The standard InChI is InChI=1S/C28H25N5O3/c1-17(2)33-16-29-31-25(33)23-4-3-5-24(30-23)32-15-20-7-6-19(14-22(20)26(32)34)18-8-10-21(11-9-18)28(12-13-28)27(35)36/h3-11,14,16-17H,12-13,15H2,1-2H3,(H,35,36). The number of amides is 1. The van der Waals surface area contributed by atoms with Gasteiger partial charge in [0.2, 0.25) is 0 Å². The van der Waals surface area contributed by atoms with Gasteiger partial charge in [0, 0.05) is 11.6 Å². The molecule has 180 valence electrons. The predicted molar refractivity (Wildman–Crippen MR) is 135 cm³/mol. The maximum absolute atomic E-state index is 13.4. The molecule has 6 rings (SSSR count). The highest BCUT2D eigenvalue weighted by Gasteiger charge is 2.51. The second kappa shape index (κ2) is 8.12. The number of rotatable bonds is 6. The first-order valence-electron chi connectivity index (χ1n) is 12.0. The molecular formula is C28H25N5O3. The van der Waals surface area contributed by atoms with Gasteiger partial charge in [-0.05, 0) is 67.1 Å². The molecule has 2 aromatic carbocycles. The van der Waals surface area contributed by atoms with Crippen molar-refractivity contribution in [2.45, 2.75) is 44.7 Å². The normalized spacial score (nSPS) is 15.9. The van der Waals surface area contributed by atoms with Gasteiger partial charge in [0.25, 0.3) is 5.91 Å². The van der Waals surface area contributed by atoms with Crippen LogP contribution in [0, 0.1) is 0 Å². The van der Waals surface area contributed by atoms with Crippen LogP contribution in [0.15, 0.2) is 67.0 Å². The molecule has 0 bridgehead atoms. The first kappa shape index (κ1) is 22.2. The van der Waals surface area contributed by atoms with Crippen LogP contribution in [0.5, 0.6) is 0 Å². The van der Waals surface area contributed by atoms with Gasteiger partial charge < -0.3 is 9.67 Å². The highest BCUT2D eigenvalue weighted by Crippen LogP contribution is 2.48. The molecule has 1 aliphatic heterocycles. The Morgan fingerprint density at radius 2 is 1.78 bits per heavy atom. The summed E-state index contributed by atoms with van der Waals surface area (Å²) in [6.07, 6.45) is 3.04. The quantitative estimate of drug-likeness (QED) is 0.424. The Balaban J connectivity index is 1.27. The van der Waals surface area contributed by atoms with E-state index < -0.39 is 11.4 Å². The van der Waals surface area contributed by atoms with Crippen molar-refractivity contribution in [3.63, 3.8) is 0 Å². The summed E-state index contributed by atoms with van der Waals surface area (Å²) in [5.41, 5.74) is 4.24. The van der Waals surface area contributed by atoms with E-state index in [-0.39, 0.29) is 11.9 Å². The lowest BCUT2D eigenvalue weighted by Gasteiger charge is -2.16. The number of carboxylic acid groups (broad SMARTS) is 1. The second-order valence-corrected chi connectivity index (χ2v) is 9.76. The molecule has 2 aliphatic rings. The predicted octanol–water partition coefficient (Wildman–Crippen LogP) is 4.86. The maximum atomic E-state index is 13.4. The molecule has 2 aromatic heterocycles. The van der Waals surface area contributed by atoms with Crippen molar-refractivity contribution in [2.24, 2.45) is 0 Å². The molecule has 0 radical (unpaired) electrons. The van der Waals surface area contributed by atoms with Crippen LogP contribution in [-0.2, 0) is 16.8 Å². The van der Waals surface area contributed by atoms with Gasteiger partial charge in [-0.3, -0.25) is 14.5 Å². The fourth-order valence-corrected chi connectivity index (χ4v) is 4.90. The van der Waals surface area contributed by atoms with Crippen LogP contribution in [0.3, 0.4) is 0 Å². The van der Waals surface area contributed by atoms with Crippen molar-refractivity contribution in [3.8, 4) is 22.6 Å². The summed E-state index contributed by atoms with van der Waals surface area (Å²) in [6, 6.07) is 19.3. The van der Waals surface area contributed by atoms with Crippen LogP contribution in [0.1, 0.15) is 54.2 Å². The number of fused-ring (bicyclic) bond motifs is 1. The third-order valence-corrected chi connectivity index (χ3v) is 7.21. The number of anilines is 1. The largest absolute Gasteiger partial charge is 0.481 e. The van der Waals surface area contributed by atoms with Gasteiger partial charge >= 0.3 is 5.97 Å². The average molecular weight is 480 g/mol. The molecule has 3 heterocycles. The Bertz CT molecular complexity index is 1500. The van der Waals surface area contributed by atoms with Crippen LogP contribution in [0.2, 0.25) is 0 Å². The lowest BCUT2D eigenvalue weighted by atomic mass is 9.93. The average Bonchev–Trinajstić information content (AvgIpc) is 3.44. The summed E-state index contributed by atoms with van der Waals surface area (Å²) in [5, 5.41) is 17.8. The van der Waals surface area contributed by atoms with Crippen LogP contribution in [0.25, 0.3) is 22.6 Å². The maximum Gasteiger partial charge on any atom is 0.314 e. The fraction of sp³-hybridized carbons (Fsp3) is 0.250. The molecule has 4 aromatic rings. The smallest absolute Gasteiger partial charge is 0.314 e. The van der Waals surface area contributed by atoms with E-state index in [0.29, 0.717) is 42.3 Å². The number of pyridine rings is 1. The van der Waals surface area contributed by atoms with Gasteiger partial charge in [-0.25, -0.2) is 4.98 Å². The van der Waals surface area contributed by atoms with E-state index in [4.69, 9.17) is 4.98 Å². The second-order valence-electron chi connectivity index (χ2n) is 9.76. The lowest BCUT2D eigenvalue weighted by molar-refractivity contribution is -0.140. The summed E-state index contributed by atoms with van der Waals surface area (Å²) >= 11 is 0. The van der Waals surface area contributed by atoms with Crippen molar-refractivity contribution in [3.05, 3.63) is 83.7 Å². The summed E-state index contributed by atoms with van der Waals surface area (Å²) in [5.74, 6) is 0.376. The number of nitrogens with zero attached hydrogens (tertiary/aromatic N) is 5. The first-order valence-corrected chi connectivity index (χ1v) is 12.0. The summed E-state index contributed by atoms with van der Waals surface area (Å²) < 4.78 is 1.95. The minimum absolute atomic E-state index is 0.0961. The number of hydrogen-bond donors (Lipinski definition) is 1. The van der Waals surface area contributed by atoms with E-state index in [1.807, 2.05) is 65.2 Å². The number of aliphatic carboxylic acids is 1. The zero-order valence-electron chi connectivity index (χ0n) is 20.0. The molecule has 8 nitrogen and oxygen atoms in total. The Labute approximate surface area is 208 Å². The SMILES string of the molecule is CC(C)n1cnnc1-c1cccc(N2Cc3ccc(-c4ccc(C5(C(=O)O)CC5)cc4)cc3C2=O)n1. The van der Waals surface area contributed by atoms with E-state index in [0.717, 1.165) is 22.3 Å². The number of aromatic nitrogens is 4. The zero-order chi connectivity index (χ0) is 25.0. The fourth-order valence-electron chi connectivity index (χ4n) is 4.90. The number of hydrogen-bond acceptors (Lipinski definition) is 5. The minimum atomic E-state index is -0.763. The van der Waals surface area contributed by atoms with Gasteiger partial charge in [-0.15, -0.1) is 10.2 Å². The van der Waals surface area contributed by atoms with E-state index in [9.17, 15) is 14.7 Å². The topological polar surface area (TPSA) is 101 Å². The van der Waals surface area contributed by atoms with Gasteiger partial charge in [-0.1, -0.05) is 42.5 Å². The van der Waals surface area contributed by atoms with E-state index >= 15 is 0 Å². The third kappa shape index (κ3) is 3.48. The molecular weight excluding hydrogens is 454 g/mol. The van der Waals surface area contributed by atoms with Gasteiger partial charge in [0.15, 0.2) is 5.82 Å². The van der Waals surface area contributed by atoms with Crippen LogP contribution in [-0.4, -0.2) is 36.7 Å². The molecule has 1 amide bonds. The Hall–Kier alpha value is -4.33. The van der Waals surface area contributed by atoms with Crippen molar-refractivity contribution >= 4 is 17.7 Å². The summed E-state index contributed by atoms with van der Waals surface area (Å²) in [7, 11) is 0. The molecule has 1 N–H and O–H groups in total. The number of benzene rings is 2. The van der Waals surface area contributed by atoms with Crippen molar-refractivity contribution < 1.29 is 14.7 Å². The molecule has 0 saturated heterocycles. The first-order chi connectivity index (χ1) is 17.4. The van der Waals surface area contributed by atoms with E-state index in [1.165, 1.54) is 0 Å². The van der Waals surface area contributed by atoms with Crippen molar-refractivity contribution in [1.29, 1.82) is 0 Å². The van der Waals surface area contributed by atoms with E-state index in [2.05, 4.69) is 24.0 Å². The molecule has 36 heavy (non-hydrogen) atoms. The summed E-state index contributed by atoms with van der Waals surface area (Å²) in [4.78, 5) is 31.5. The van der Waals surface area contributed by atoms with Crippen LogP contribution < -0.4 is 4.90 Å². The zero-order valence-corrected chi connectivity index (χ0v) is 20.0. The minimum Gasteiger partial charge on any atom is -0.481 e. The molecule has 0 spiro atoms. The number of carboxylic acids is 1. The molecule has 0 atom stereocenters. The molecule has 0 unspecified atom stereocenters. The van der Waals surface area contributed by atoms with Crippen molar-refractivity contribution in [1.82, 2.24) is 19.7 Å². The Kier molecular flexibility index (Phi) is 5.00. The molecule has 1 fully saturated rings. The molecule has 1 saturated carbocycles. The molecule has 8 heteroatoms. The highest BCUT2D eigenvalue weighted by molar-refractivity contribution is 6.10.